The molecule has 0 spiro atoms. The van der Waals surface area contributed by atoms with Gasteiger partial charge in [-0.05, 0) is 54.9 Å². The maximum absolute atomic E-state index is 12.3. The zero-order chi connectivity index (χ0) is 12.3. The second-order valence-corrected chi connectivity index (χ2v) is 6.50. The first-order valence-corrected chi connectivity index (χ1v) is 7.24. The average Bonchev–Trinajstić information content (AvgIpc) is 2.69. The maximum Gasteiger partial charge on any atom is 0.136 e. The number of nitrogens with zero attached hydrogens (tertiary/aromatic N) is 2. The quantitative estimate of drug-likeness (QED) is 0.814. The molecule has 0 aliphatic heterocycles. The fourth-order valence-corrected chi connectivity index (χ4v) is 4.79. The van der Waals surface area contributed by atoms with Gasteiger partial charge in [0.1, 0.15) is 5.78 Å². The molecule has 0 amide bonds. The van der Waals surface area contributed by atoms with E-state index in [1.807, 2.05) is 24.1 Å². The van der Waals surface area contributed by atoms with Gasteiger partial charge in [-0.3, -0.25) is 9.48 Å². The van der Waals surface area contributed by atoms with Crippen molar-refractivity contribution in [1.82, 2.24) is 9.78 Å². The Morgan fingerprint density at radius 1 is 1.39 bits per heavy atom. The highest BCUT2D eigenvalue weighted by atomic mass is 16.1. The predicted octanol–water partition coefficient (Wildman–Crippen LogP) is 2.21. The predicted molar refractivity (Wildman–Crippen MR) is 67.8 cm³/mol. The molecule has 18 heavy (non-hydrogen) atoms. The van der Waals surface area contributed by atoms with E-state index in [4.69, 9.17) is 0 Å². The monoisotopic (exact) mass is 244 g/mol. The lowest BCUT2D eigenvalue weighted by Gasteiger charge is -2.07. The largest absolute Gasteiger partial charge is 0.299 e. The van der Waals surface area contributed by atoms with Crippen molar-refractivity contribution in [1.29, 1.82) is 0 Å². The van der Waals surface area contributed by atoms with Crippen LogP contribution in [0.3, 0.4) is 0 Å². The topological polar surface area (TPSA) is 34.9 Å². The van der Waals surface area contributed by atoms with Crippen molar-refractivity contribution in [2.24, 2.45) is 36.6 Å². The molecule has 96 valence electrons. The molecule has 4 unspecified atom stereocenters. The Balaban J connectivity index is 1.36. The number of rotatable bonds is 4. The van der Waals surface area contributed by atoms with E-state index in [1.165, 1.54) is 24.8 Å². The van der Waals surface area contributed by atoms with Crippen molar-refractivity contribution in [2.75, 3.05) is 0 Å². The van der Waals surface area contributed by atoms with Gasteiger partial charge in [0, 0.05) is 25.6 Å². The summed E-state index contributed by atoms with van der Waals surface area (Å²) < 4.78 is 1.81. The van der Waals surface area contributed by atoms with Crippen LogP contribution in [0.1, 0.15) is 31.2 Å². The minimum absolute atomic E-state index is 0.452. The average molecular weight is 244 g/mol. The lowest BCUT2D eigenvalue weighted by molar-refractivity contribution is -0.121. The van der Waals surface area contributed by atoms with E-state index in [-0.39, 0.29) is 0 Å². The molecule has 1 aromatic rings. The first-order valence-electron chi connectivity index (χ1n) is 7.24. The number of fused-ring (bicyclic) bond motifs is 5. The van der Waals surface area contributed by atoms with Crippen molar-refractivity contribution < 1.29 is 4.79 Å². The number of Topliss-reactive ketones (excluding diaryl/α,β-unsaturated/α-hetero) is 1. The third kappa shape index (κ3) is 1.49. The summed E-state index contributed by atoms with van der Waals surface area (Å²) in [7, 11) is 1.92. The van der Waals surface area contributed by atoms with E-state index in [1.54, 1.807) is 0 Å². The first-order chi connectivity index (χ1) is 8.74. The highest BCUT2D eigenvalue weighted by Crippen LogP contribution is 2.69. The molecule has 3 fully saturated rings. The molecule has 4 atom stereocenters. The van der Waals surface area contributed by atoms with Crippen LogP contribution in [0.5, 0.6) is 0 Å². The lowest BCUT2D eigenvalue weighted by Crippen LogP contribution is -2.10. The molecule has 1 aromatic heterocycles. The molecule has 0 N–H and O–H groups in total. The van der Waals surface area contributed by atoms with E-state index in [2.05, 4.69) is 5.10 Å². The number of carbonyl (C=O) groups excluding carboxylic acids is 1. The van der Waals surface area contributed by atoms with Crippen molar-refractivity contribution in [3.8, 4) is 0 Å². The van der Waals surface area contributed by atoms with Crippen molar-refractivity contribution in [2.45, 2.75) is 32.1 Å². The molecular weight excluding hydrogens is 224 g/mol. The molecule has 0 radical (unpaired) electrons. The number of aromatic nitrogens is 2. The van der Waals surface area contributed by atoms with Gasteiger partial charge in [-0.1, -0.05) is 0 Å². The van der Waals surface area contributed by atoms with Gasteiger partial charge < -0.3 is 0 Å². The van der Waals surface area contributed by atoms with Gasteiger partial charge in [0.25, 0.3) is 0 Å². The van der Waals surface area contributed by atoms with Crippen LogP contribution in [0.15, 0.2) is 12.4 Å². The van der Waals surface area contributed by atoms with Gasteiger partial charge in [0.05, 0.1) is 6.20 Å². The molecule has 3 saturated carbocycles. The third-order valence-corrected chi connectivity index (χ3v) is 5.53. The van der Waals surface area contributed by atoms with E-state index in [9.17, 15) is 4.79 Å². The second-order valence-electron chi connectivity index (χ2n) is 6.50. The highest BCUT2D eigenvalue weighted by Gasteiger charge is 2.66. The molecule has 3 nitrogen and oxygen atoms in total. The minimum Gasteiger partial charge on any atom is -0.299 e. The van der Waals surface area contributed by atoms with Crippen LogP contribution in [0.25, 0.3) is 0 Å². The number of aryl methyl sites for hydroxylation is 2. The fraction of sp³-hybridized carbons (Fsp3) is 0.733. The molecule has 1 heterocycles. The zero-order valence-corrected chi connectivity index (χ0v) is 10.9. The Hall–Kier alpha value is -1.12. The summed E-state index contributed by atoms with van der Waals surface area (Å²) in [6, 6.07) is 0. The van der Waals surface area contributed by atoms with E-state index < -0.39 is 0 Å². The molecule has 3 heteroatoms. The van der Waals surface area contributed by atoms with Crippen molar-refractivity contribution in [3.05, 3.63) is 18.0 Å². The summed E-state index contributed by atoms with van der Waals surface area (Å²) in [5, 5.41) is 4.15. The number of carbonyl (C=O) groups is 1. The Bertz CT molecular complexity index is 476. The summed E-state index contributed by atoms with van der Waals surface area (Å²) in [5.41, 5.74) is 1.19. The smallest absolute Gasteiger partial charge is 0.136 e. The Kier molecular flexibility index (Phi) is 2.21. The molecule has 4 rings (SSSR count). The fourth-order valence-electron chi connectivity index (χ4n) is 4.79. The molecule has 3 aliphatic rings. The molecule has 2 bridgehead atoms. The van der Waals surface area contributed by atoms with E-state index in [0.29, 0.717) is 11.7 Å². The number of hydrogen-bond donors (Lipinski definition) is 0. The maximum atomic E-state index is 12.3. The highest BCUT2D eigenvalue weighted by molar-refractivity contribution is 5.85. The van der Waals surface area contributed by atoms with Gasteiger partial charge in [-0.15, -0.1) is 0 Å². The van der Waals surface area contributed by atoms with Gasteiger partial charge in [0.15, 0.2) is 0 Å². The zero-order valence-electron chi connectivity index (χ0n) is 10.9. The van der Waals surface area contributed by atoms with Gasteiger partial charge in [0.2, 0.25) is 0 Å². The molecule has 0 aromatic carbocycles. The van der Waals surface area contributed by atoms with Crippen molar-refractivity contribution >= 4 is 5.78 Å². The van der Waals surface area contributed by atoms with Crippen LogP contribution in [0, 0.1) is 29.6 Å². The second kappa shape index (κ2) is 3.69. The summed E-state index contributed by atoms with van der Waals surface area (Å²) in [5.74, 6) is 4.40. The van der Waals surface area contributed by atoms with E-state index in [0.717, 1.165) is 36.5 Å². The molecular formula is C15H20N2O. The van der Waals surface area contributed by atoms with Crippen LogP contribution < -0.4 is 0 Å². The summed E-state index contributed by atoms with van der Waals surface area (Å²) >= 11 is 0. The first kappa shape index (κ1) is 10.8. The Labute approximate surface area is 108 Å². The summed E-state index contributed by atoms with van der Waals surface area (Å²) in [6.07, 6.45) is 9.73. The van der Waals surface area contributed by atoms with Crippen LogP contribution in [0.4, 0.5) is 0 Å². The van der Waals surface area contributed by atoms with Crippen molar-refractivity contribution in [3.63, 3.8) is 0 Å². The number of ketones is 1. The van der Waals surface area contributed by atoms with Crippen LogP contribution >= 0.6 is 0 Å². The summed E-state index contributed by atoms with van der Waals surface area (Å²) in [4.78, 5) is 12.3. The SMILES string of the molecule is Cn1cc(CCC(=O)C2C3C4CCC(C4)C23)cn1. The Morgan fingerprint density at radius 3 is 2.72 bits per heavy atom. The van der Waals surface area contributed by atoms with E-state index >= 15 is 0 Å². The normalized spacial score (nSPS) is 39.9. The minimum atomic E-state index is 0.452. The molecule has 3 aliphatic carbocycles. The van der Waals surface area contributed by atoms with Gasteiger partial charge >= 0.3 is 0 Å². The lowest BCUT2D eigenvalue weighted by atomic mass is 9.97. The molecule has 0 saturated heterocycles. The van der Waals surface area contributed by atoms with Crippen LogP contribution in [-0.4, -0.2) is 15.6 Å². The van der Waals surface area contributed by atoms with Crippen LogP contribution in [-0.2, 0) is 18.3 Å². The standard InChI is InChI=1S/C15H20N2O/c1-17-8-9(7-16-17)2-5-12(18)15-13-10-3-4-11(6-10)14(13)15/h7-8,10-11,13-15H,2-6H2,1H3. The Morgan fingerprint density at radius 2 is 2.11 bits per heavy atom. The number of hydrogen-bond acceptors (Lipinski definition) is 2. The summed E-state index contributed by atoms with van der Waals surface area (Å²) in [6.45, 7) is 0. The van der Waals surface area contributed by atoms with Gasteiger partial charge in [-0.25, -0.2) is 0 Å². The van der Waals surface area contributed by atoms with Crippen LogP contribution in [0.2, 0.25) is 0 Å². The third-order valence-electron chi connectivity index (χ3n) is 5.53. The van der Waals surface area contributed by atoms with Gasteiger partial charge in [-0.2, -0.15) is 5.10 Å².